The van der Waals surface area contributed by atoms with E-state index in [-0.39, 0.29) is 5.54 Å². The van der Waals surface area contributed by atoms with Gasteiger partial charge in [0.1, 0.15) is 0 Å². The molecule has 0 saturated heterocycles. The van der Waals surface area contributed by atoms with Gasteiger partial charge in [0, 0.05) is 24.0 Å². The molecular formula is C16H23N3S. The Morgan fingerprint density at radius 1 is 1.30 bits per heavy atom. The minimum absolute atomic E-state index is 0.00896. The van der Waals surface area contributed by atoms with E-state index in [1.54, 1.807) is 11.3 Å². The van der Waals surface area contributed by atoms with Gasteiger partial charge < -0.3 is 5.73 Å². The lowest BCUT2D eigenvalue weighted by Gasteiger charge is -2.40. The molecule has 1 aromatic carbocycles. The lowest BCUT2D eigenvalue weighted by Crippen LogP contribution is -2.53. The number of thiazole rings is 1. The largest absolute Gasteiger partial charge is 0.329 e. The van der Waals surface area contributed by atoms with Crippen molar-refractivity contribution in [1.82, 2.24) is 9.88 Å². The molecular weight excluding hydrogens is 266 g/mol. The van der Waals surface area contributed by atoms with E-state index in [0.29, 0.717) is 6.54 Å². The molecule has 0 spiro atoms. The Balaban J connectivity index is 2.15. The molecule has 0 saturated carbocycles. The van der Waals surface area contributed by atoms with Crippen molar-refractivity contribution in [2.75, 3.05) is 13.6 Å². The fraction of sp³-hybridized carbons (Fsp3) is 0.438. The molecule has 1 aromatic heterocycles. The second-order valence-electron chi connectivity index (χ2n) is 5.28. The van der Waals surface area contributed by atoms with Crippen LogP contribution in [-0.2, 0) is 13.0 Å². The highest BCUT2D eigenvalue weighted by molar-refractivity contribution is 7.07. The fourth-order valence-corrected chi connectivity index (χ4v) is 3.15. The molecule has 0 aliphatic rings. The summed E-state index contributed by atoms with van der Waals surface area (Å²) in [5, 5.41) is 2.11. The van der Waals surface area contributed by atoms with Crippen LogP contribution in [0, 0.1) is 0 Å². The third-order valence-corrected chi connectivity index (χ3v) is 4.74. The molecule has 20 heavy (non-hydrogen) atoms. The quantitative estimate of drug-likeness (QED) is 0.852. The Morgan fingerprint density at radius 2 is 2.05 bits per heavy atom. The Labute approximate surface area is 125 Å². The second-order valence-corrected chi connectivity index (χ2v) is 6.00. The molecule has 2 aromatic rings. The van der Waals surface area contributed by atoms with Crippen molar-refractivity contribution in [3.05, 3.63) is 52.5 Å². The van der Waals surface area contributed by atoms with Gasteiger partial charge in [-0.15, -0.1) is 11.3 Å². The van der Waals surface area contributed by atoms with Crippen molar-refractivity contribution in [2.24, 2.45) is 5.73 Å². The predicted molar refractivity (Wildman–Crippen MR) is 85.8 cm³/mol. The maximum atomic E-state index is 6.14. The minimum Gasteiger partial charge on any atom is -0.329 e. The van der Waals surface area contributed by atoms with E-state index in [0.717, 1.165) is 25.1 Å². The average Bonchev–Trinajstić information content (AvgIpc) is 2.99. The number of likely N-dealkylation sites (N-methyl/N-ethyl adjacent to an activating group) is 1. The molecule has 3 nitrogen and oxygen atoms in total. The third kappa shape index (κ3) is 3.45. The van der Waals surface area contributed by atoms with Gasteiger partial charge in [-0.25, -0.2) is 4.98 Å². The second kappa shape index (κ2) is 6.97. The molecule has 4 heteroatoms. The molecule has 1 unspecified atom stereocenters. The first kappa shape index (κ1) is 15.2. The minimum atomic E-state index is -0.00896. The normalized spacial score (nSPS) is 14.4. The van der Waals surface area contributed by atoms with Gasteiger partial charge in [0.05, 0.1) is 11.2 Å². The lowest BCUT2D eigenvalue weighted by molar-refractivity contribution is 0.111. The SMILES string of the molecule is CCC(CN)(Cc1ccccc1)N(C)Cc1cscn1. The first-order chi connectivity index (χ1) is 9.70. The summed E-state index contributed by atoms with van der Waals surface area (Å²) in [5.74, 6) is 0. The number of aromatic nitrogens is 1. The van der Waals surface area contributed by atoms with Crippen LogP contribution < -0.4 is 5.73 Å². The van der Waals surface area contributed by atoms with E-state index in [1.165, 1.54) is 5.56 Å². The molecule has 0 radical (unpaired) electrons. The molecule has 2 N–H and O–H groups in total. The Hall–Kier alpha value is -1.23. The number of rotatable bonds is 7. The summed E-state index contributed by atoms with van der Waals surface area (Å²) in [6.45, 7) is 3.72. The van der Waals surface area contributed by atoms with Gasteiger partial charge in [-0.2, -0.15) is 0 Å². The van der Waals surface area contributed by atoms with Crippen molar-refractivity contribution >= 4 is 11.3 Å². The van der Waals surface area contributed by atoms with Crippen LogP contribution in [0.1, 0.15) is 24.6 Å². The van der Waals surface area contributed by atoms with Crippen molar-refractivity contribution < 1.29 is 0 Å². The third-order valence-electron chi connectivity index (χ3n) is 4.11. The highest BCUT2D eigenvalue weighted by Gasteiger charge is 2.31. The van der Waals surface area contributed by atoms with Gasteiger partial charge in [0.2, 0.25) is 0 Å². The van der Waals surface area contributed by atoms with Gasteiger partial charge in [0.25, 0.3) is 0 Å². The number of nitrogens with zero attached hydrogens (tertiary/aromatic N) is 2. The standard InChI is InChI=1S/C16H23N3S/c1-3-16(12-17,9-14-7-5-4-6-8-14)19(2)10-15-11-20-13-18-15/h4-8,11,13H,3,9-10,12,17H2,1-2H3. The summed E-state index contributed by atoms with van der Waals surface area (Å²) in [7, 11) is 2.15. The van der Waals surface area contributed by atoms with Crippen molar-refractivity contribution in [2.45, 2.75) is 31.8 Å². The topological polar surface area (TPSA) is 42.1 Å². The molecule has 0 bridgehead atoms. The number of hydrogen-bond acceptors (Lipinski definition) is 4. The number of nitrogens with two attached hydrogens (primary N) is 1. The first-order valence-electron chi connectivity index (χ1n) is 7.02. The maximum Gasteiger partial charge on any atom is 0.0795 e. The van der Waals surface area contributed by atoms with Crippen LogP contribution in [0.25, 0.3) is 0 Å². The van der Waals surface area contributed by atoms with Crippen molar-refractivity contribution in [3.63, 3.8) is 0 Å². The summed E-state index contributed by atoms with van der Waals surface area (Å²) in [4.78, 5) is 6.74. The van der Waals surface area contributed by atoms with E-state index >= 15 is 0 Å². The molecule has 0 fully saturated rings. The number of benzene rings is 1. The molecule has 2 rings (SSSR count). The molecule has 108 valence electrons. The summed E-state index contributed by atoms with van der Waals surface area (Å²) >= 11 is 1.64. The monoisotopic (exact) mass is 289 g/mol. The van der Waals surface area contributed by atoms with Crippen LogP contribution in [0.4, 0.5) is 0 Å². The first-order valence-corrected chi connectivity index (χ1v) is 7.97. The summed E-state index contributed by atoms with van der Waals surface area (Å²) < 4.78 is 0. The smallest absolute Gasteiger partial charge is 0.0795 e. The van der Waals surface area contributed by atoms with Gasteiger partial charge in [-0.1, -0.05) is 37.3 Å². The Kier molecular flexibility index (Phi) is 5.29. The van der Waals surface area contributed by atoms with E-state index in [9.17, 15) is 0 Å². The highest BCUT2D eigenvalue weighted by atomic mass is 32.1. The van der Waals surface area contributed by atoms with E-state index in [1.807, 2.05) is 5.51 Å². The van der Waals surface area contributed by atoms with Crippen molar-refractivity contribution in [1.29, 1.82) is 0 Å². The fourth-order valence-electron chi connectivity index (χ4n) is 2.60. The summed E-state index contributed by atoms with van der Waals surface area (Å²) in [5.41, 5.74) is 10.5. The average molecular weight is 289 g/mol. The van der Waals surface area contributed by atoms with E-state index < -0.39 is 0 Å². The van der Waals surface area contributed by atoms with Crippen LogP contribution >= 0.6 is 11.3 Å². The molecule has 1 atom stereocenters. The van der Waals surface area contributed by atoms with Crippen LogP contribution in [-0.4, -0.2) is 29.0 Å². The molecule has 1 heterocycles. The molecule has 0 aliphatic carbocycles. The zero-order valence-corrected chi connectivity index (χ0v) is 13.1. The summed E-state index contributed by atoms with van der Waals surface area (Å²) in [6, 6.07) is 10.6. The zero-order chi connectivity index (χ0) is 14.4. The molecule has 0 aliphatic heterocycles. The molecule has 0 amide bonds. The van der Waals surface area contributed by atoms with Crippen LogP contribution in [0.3, 0.4) is 0 Å². The van der Waals surface area contributed by atoms with E-state index in [2.05, 4.69) is 59.6 Å². The van der Waals surface area contributed by atoms with E-state index in [4.69, 9.17) is 5.73 Å². The summed E-state index contributed by atoms with van der Waals surface area (Å²) in [6.07, 6.45) is 2.00. The van der Waals surface area contributed by atoms with Crippen LogP contribution in [0.2, 0.25) is 0 Å². The van der Waals surface area contributed by atoms with Gasteiger partial charge >= 0.3 is 0 Å². The van der Waals surface area contributed by atoms with Crippen LogP contribution in [0.5, 0.6) is 0 Å². The Bertz CT molecular complexity index is 492. The van der Waals surface area contributed by atoms with Gasteiger partial charge in [0.15, 0.2) is 0 Å². The van der Waals surface area contributed by atoms with Gasteiger partial charge in [-0.3, -0.25) is 4.90 Å². The Morgan fingerprint density at radius 3 is 2.60 bits per heavy atom. The lowest BCUT2D eigenvalue weighted by atomic mass is 9.86. The van der Waals surface area contributed by atoms with Crippen LogP contribution in [0.15, 0.2) is 41.2 Å². The van der Waals surface area contributed by atoms with Gasteiger partial charge in [-0.05, 0) is 25.5 Å². The zero-order valence-electron chi connectivity index (χ0n) is 12.2. The predicted octanol–water partition coefficient (Wildman–Crippen LogP) is 2.93. The van der Waals surface area contributed by atoms with Crippen molar-refractivity contribution in [3.8, 4) is 0 Å². The number of hydrogen-bond donors (Lipinski definition) is 1. The highest BCUT2D eigenvalue weighted by Crippen LogP contribution is 2.24. The maximum absolute atomic E-state index is 6.14.